The van der Waals surface area contributed by atoms with Crippen molar-refractivity contribution in [2.45, 2.75) is 13.3 Å². The van der Waals surface area contributed by atoms with Crippen LogP contribution in [0.2, 0.25) is 0 Å². The minimum absolute atomic E-state index is 0. The van der Waals surface area contributed by atoms with Crippen molar-refractivity contribution in [2.75, 3.05) is 13.2 Å². The van der Waals surface area contributed by atoms with E-state index in [0.29, 0.717) is 11.3 Å². The van der Waals surface area contributed by atoms with Gasteiger partial charge in [0.25, 0.3) is 6.43 Å². The Labute approximate surface area is 164 Å². The molecule has 24 heavy (non-hydrogen) atoms. The first kappa shape index (κ1) is 20.5. The molecule has 0 fully saturated rings. The van der Waals surface area contributed by atoms with E-state index in [1.807, 2.05) is 0 Å². The summed E-state index contributed by atoms with van der Waals surface area (Å²) in [6.45, 7) is 4.69. The largest absolute Gasteiger partial charge is 0.479 e. The standard InChI is InChI=1S/C17H14F3N2O.Y/c1-11-3-6-16(22(12(11)2)10-17(19)20)14-5-4-13(9-15(14)18)23-8-7-21;/h3-5,9,17H,2,8,10H2,1H3;/q-1;. The number of hydrogen-bond donors (Lipinski definition) is 0. The molecule has 0 spiro atoms. The summed E-state index contributed by atoms with van der Waals surface area (Å²) in [5.41, 5.74) is 1.36. The zero-order chi connectivity index (χ0) is 17.0. The molecule has 1 heterocycles. The van der Waals surface area contributed by atoms with Crippen LogP contribution >= 0.6 is 0 Å². The number of nitrogens with zero attached hydrogens (tertiary/aromatic N) is 2. The van der Waals surface area contributed by atoms with E-state index in [-0.39, 0.29) is 56.3 Å². The molecule has 0 saturated heterocycles. The topological polar surface area (TPSA) is 36.3 Å². The second-order valence-electron chi connectivity index (χ2n) is 4.86. The van der Waals surface area contributed by atoms with Crippen molar-refractivity contribution in [3.63, 3.8) is 0 Å². The first-order chi connectivity index (χ1) is 10.9. The van der Waals surface area contributed by atoms with Gasteiger partial charge in [-0.1, -0.05) is 24.8 Å². The van der Waals surface area contributed by atoms with Crippen LogP contribution in [0.3, 0.4) is 0 Å². The Bertz CT molecular complexity index is 723. The zero-order valence-electron chi connectivity index (χ0n) is 13.0. The van der Waals surface area contributed by atoms with Crippen LogP contribution in [0.4, 0.5) is 13.2 Å². The fourth-order valence-electron chi connectivity index (χ4n) is 2.14. The normalized spacial score (nSPS) is 13.8. The van der Waals surface area contributed by atoms with Crippen molar-refractivity contribution in [3.05, 3.63) is 59.6 Å². The van der Waals surface area contributed by atoms with Crippen molar-refractivity contribution in [2.24, 2.45) is 0 Å². The van der Waals surface area contributed by atoms with Gasteiger partial charge in [0.1, 0.15) is 11.8 Å². The number of hydrogen-bond acceptors (Lipinski definition) is 3. The van der Waals surface area contributed by atoms with Crippen LogP contribution in [-0.4, -0.2) is 24.5 Å². The quantitative estimate of drug-likeness (QED) is 0.694. The molecule has 0 atom stereocenters. The molecule has 1 radical (unpaired) electrons. The van der Waals surface area contributed by atoms with Gasteiger partial charge in [-0.2, -0.15) is 17.4 Å². The van der Waals surface area contributed by atoms with Gasteiger partial charge in [-0.05, 0) is 11.8 Å². The average molecular weight is 408 g/mol. The van der Waals surface area contributed by atoms with E-state index in [1.54, 1.807) is 19.1 Å². The summed E-state index contributed by atoms with van der Waals surface area (Å²) >= 11 is 0. The number of benzene rings is 1. The molecule has 0 aromatic heterocycles. The summed E-state index contributed by atoms with van der Waals surface area (Å²) in [7, 11) is 0. The molecule has 1 aromatic rings. The maximum atomic E-state index is 14.3. The van der Waals surface area contributed by atoms with Gasteiger partial charge in [0.15, 0.2) is 6.61 Å². The molecule has 0 aliphatic carbocycles. The van der Waals surface area contributed by atoms with Gasteiger partial charge in [0, 0.05) is 38.8 Å². The summed E-state index contributed by atoms with van der Waals surface area (Å²) in [5, 5.41) is 8.45. The Balaban J connectivity index is 0.00000288. The Morgan fingerprint density at radius 3 is 2.71 bits per heavy atom. The third-order valence-electron chi connectivity index (χ3n) is 3.30. The number of alkyl halides is 2. The number of allylic oxidation sites excluding steroid dienone is 3. The van der Waals surface area contributed by atoms with Crippen LogP contribution in [-0.2, 0) is 32.7 Å². The summed E-state index contributed by atoms with van der Waals surface area (Å²) in [6.07, 6.45) is 1.81. The average Bonchev–Trinajstić information content (AvgIpc) is 2.50. The molecular formula is C17H14F3N2OY-. The van der Waals surface area contributed by atoms with Crippen LogP contribution in [0.15, 0.2) is 42.1 Å². The second-order valence-corrected chi connectivity index (χ2v) is 4.86. The molecule has 123 valence electrons. The Morgan fingerprint density at radius 2 is 2.12 bits per heavy atom. The number of nitriles is 1. The third-order valence-corrected chi connectivity index (χ3v) is 3.30. The van der Waals surface area contributed by atoms with Crippen molar-refractivity contribution < 1.29 is 50.6 Å². The molecule has 1 aliphatic rings. The van der Waals surface area contributed by atoms with Crippen LogP contribution in [0.25, 0.3) is 5.70 Å². The molecule has 1 aliphatic heterocycles. The minimum atomic E-state index is -2.60. The minimum Gasteiger partial charge on any atom is -0.479 e. The zero-order valence-corrected chi connectivity index (χ0v) is 15.9. The number of ether oxygens (including phenoxy) is 1. The maximum Gasteiger partial charge on any atom is 0.256 e. The molecule has 0 saturated carbocycles. The van der Waals surface area contributed by atoms with E-state index >= 15 is 0 Å². The summed E-state index contributed by atoms with van der Waals surface area (Å²) in [4.78, 5) is 1.24. The molecule has 1 aromatic carbocycles. The molecule has 0 unspecified atom stereocenters. The van der Waals surface area contributed by atoms with Gasteiger partial charge in [-0.25, -0.2) is 13.2 Å². The van der Waals surface area contributed by atoms with Gasteiger partial charge in [-0.15, -0.1) is 11.6 Å². The summed E-state index contributed by atoms with van der Waals surface area (Å²) in [6, 6.07) is 5.77. The molecular weight excluding hydrogens is 394 g/mol. The van der Waals surface area contributed by atoms with Crippen LogP contribution in [0.5, 0.6) is 5.75 Å². The third kappa shape index (κ3) is 4.72. The van der Waals surface area contributed by atoms with E-state index in [9.17, 15) is 13.2 Å². The van der Waals surface area contributed by atoms with E-state index < -0.39 is 18.8 Å². The predicted molar refractivity (Wildman–Crippen MR) is 79.8 cm³/mol. The molecule has 0 N–H and O–H groups in total. The first-order valence-electron chi connectivity index (χ1n) is 6.79. The van der Waals surface area contributed by atoms with Gasteiger partial charge in [-0.3, -0.25) is 0 Å². The van der Waals surface area contributed by atoms with Gasteiger partial charge >= 0.3 is 0 Å². The molecule has 0 amide bonds. The van der Waals surface area contributed by atoms with E-state index in [2.05, 4.69) is 12.7 Å². The monoisotopic (exact) mass is 408 g/mol. The predicted octanol–water partition coefficient (Wildman–Crippen LogP) is 3.91. The van der Waals surface area contributed by atoms with Gasteiger partial charge in [0.2, 0.25) is 0 Å². The van der Waals surface area contributed by atoms with E-state index in [1.165, 1.54) is 17.0 Å². The fourth-order valence-corrected chi connectivity index (χ4v) is 2.14. The fraction of sp³-hybridized carbons (Fsp3) is 0.235. The molecule has 0 bridgehead atoms. The van der Waals surface area contributed by atoms with Crippen molar-refractivity contribution in [1.82, 2.24) is 4.90 Å². The SMILES string of the molecule is C=C1C(C)=C[C-]=C(c2ccc(OCC#N)cc2F)N1CC(F)F.[Y]. The first-order valence-corrected chi connectivity index (χ1v) is 6.79. The molecule has 2 rings (SSSR count). The van der Waals surface area contributed by atoms with Crippen molar-refractivity contribution in [3.8, 4) is 11.8 Å². The van der Waals surface area contributed by atoms with Crippen LogP contribution in [0, 0.1) is 23.2 Å². The summed E-state index contributed by atoms with van der Waals surface area (Å²) < 4.78 is 45.0. The van der Waals surface area contributed by atoms with Crippen molar-refractivity contribution in [1.29, 1.82) is 5.26 Å². The van der Waals surface area contributed by atoms with Gasteiger partial charge in [0.05, 0.1) is 12.4 Å². The molecule has 3 nitrogen and oxygen atoms in total. The van der Waals surface area contributed by atoms with E-state index in [4.69, 9.17) is 10.00 Å². The maximum absolute atomic E-state index is 14.3. The molecule has 7 heteroatoms. The number of halogens is 3. The Kier molecular flexibility index (Phi) is 7.72. The second kappa shape index (κ2) is 9.05. The Morgan fingerprint density at radius 1 is 1.42 bits per heavy atom. The van der Waals surface area contributed by atoms with E-state index in [0.717, 1.165) is 6.07 Å². The smallest absolute Gasteiger partial charge is 0.256 e. The number of rotatable bonds is 5. The van der Waals surface area contributed by atoms with Crippen molar-refractivity contribution >= 4 is 5.70 Å². The van der Waals surface area contributed by atoms with Crippen LogP contribution < -0.4 is 4.74 Å². The van der Waals surface area contributed by atoms with Gasteiger partial charge < -0.3 is 9.64 Å². The van der Waals surface area contributed by atoms with Crippen LogP contribution in [0.1, 0.15) is 12.5 Å². The Hall–Kier alpha value is -1.58. The summed E-state index contributed by atoms with van der Waals surface area (Å²) in [5.74, 6) is -0.460.